The predicted octanol–water partition coefficient (Wildman–Crippen LogP) is 1.16. The molecule has 0 saturated heterocycles. The van der Waals surface area contributed by atoms with Gasteiger partial charge in [-0.1, -0.05) is 0 Å². The van der Waals surface area contributed by atoms with Gasteiger partial charge in [0, 0.05) is 17.7 Å². The lowest BCUT2D eigenvalue weighted by Gasteiger charge is -1.99. The second-order valence-electron chi connectivity index (χ2n) is 2.64. The summed E-state index contributed by atoms with van der Waals surface area (Å²) in [6, 6.07) is 3.27. The largest absolute Gasteiger partial charge is 0.366 e. The van der Waals surface area contributed by atoms with E-state index in [9.17, 15) is 19.3 Å². The van der Waals surface area contributed by atoms with Gasteiger partial charge in [0.15, 0.2) is 0 Å². The average molecular weight is 198 g/mol. The van der Waals surface area contributed by atoms with E-state index in [-0.39, 0.29) is 16.8 Å². The number of hydrogen-bond acceptors (Lipinski definition) is 3. The molecule has 74 valence electrons. The standard InChI is InChI=1S/C8H7FN2O3/c9-4-5-1-6(8(10)12)3-7(2-5)11(13)14/h1-3H,4H2,(H2,10,12). The van der Waals surface area contributed by atoms with Crippen LogP contribution in [0.25, 0.3) is 0 Å². The molecule has 5 nitrogen and oxygen atoms in total. The smallest absolute Gasteiger partial charge is 0.270 e. The minimum Gasteiger partial charge on any atom is -0.366 e. The number of amides is 1. The van der Waals surface area contributed by atoms with E-state index in [2.05, 4.69) is 0 Å². The normalized spacial score (nSPS) is 9.79. The predicted molar refractivity (Wildman–Crippen MR) is 46.4 cm³/mol. The number of halogens is 1. The molecule has 6 heteroatoms. The summed E-state index contributed by atoms with van der Waals surface area (Å²) in [6.45, 7) is -0.873. The highest BCUT2D eigenvalue weighted by Crippen LogP contribution is 2.17. The molecule has 0 spiro atoms. The second-order valence-corrected chi connectivity index (χ2v) is 2.64. The molecule has 0 radical (unpaired) electrons. The lowest BCUT2D eigenvalue weighted by molar-refractivity contribution is -0.385. The molecule has 0 unspecified atom stereocenters. The van der Waals surface area contributed by atoms with Crippen LogP contribution < -0.4 is 5.73 Å². The summed E-state index contributed by atoms with van der Waals surface area (Å²) in [6.07, 6.45) is 0. The zero-order valence-electron chi connectivity index (χ0n) is 7.07. The fourth-order valence-electron chi connectivity index (χ4n) is 0.999. The Kier molecular flexibility index (Phi) is 2.76. The van der Waals surface area contributed by atoms with Crippen molar-refractivity contribution < 1.29 is 14.1 Å². The molecular formula is C8H7FN2O3. The number of benzene rings is 1. The van der Waals surface area contributed by atoms with Gasteiger partial charge in [0.2, 0.25) is 5.91 Å². The molecule has 1 amide bonds. The van der Waals surface area contributed by atoms with Gasteiger partial charge >= 0.3 is 0 Å². The Hall–Kier alpha value is -1.98. The second kappa shape index (κ2) is 3.82. The van der Waals surface area contributed by atoms with E-state index < -0.39 is 17.5 Å². The Labute approximate surface area is 78.5 Å². The van der Waals surface area contributed by atoms with E-state index in [1.54, 1.807) is 0 Å². The minimum atomic E-state index is -0.873. The van der Waals surface area contributed by atoms with E-state index >= 15 is 0 Å². The van der Waals surface area contributed by atoms with Gasteiger partial charge in [-0.25, -0.2) is 4.39 Å². The summed E-state index contributed by atoms with van der Waals surface area (Å²) >= 11 is 0. The number of nitro groups is 1. The molecule has 0 aromatic heterocycles. The molecule has 0 bridgehead atoms. The lowest BCUT2D eigenvalue weighted by atomic mass is 10.1. The van der Waals surface area contributed by atoms with Crippen molar-refractivity contribution in [2.24, 2.45) is 5.73 Å². The van der Waals surface area contributed by atoms with Crippen LogP contribution in [0.1, 0.15) is 15.9 Å². The summed E-state index contributed by atoms with van der Waals surface area (Å²) in [5, 5.41) is 10.4. The van der Waals surface area contributed by atoms with Crippen molar-refractivity contribution in [1.29, 1.82) is 0 Å². The van der Waals surface area contributed by atoms with Crippen molar-refractivity contribution >= 4 is 11.6 Å². The van der Waals surface area contributed by atoms with Crippen LogP contribution in [0, 0.1) is 10.1 Å². The van der Waals surface area contributed by atoms with E-state index in [4.69, 9.17) is 5.73 Å². The number of nitro benzene ring substituents is 1. The summed E-state index contributed by atoms with van der Waals surface area (Å²) in [5.74, 6) is -0.816. The maximum Gasteiger partial charge on any atom is 0.270 e. The number of alkyl halides is 1. The monoisotopic (exact) mass is 198 g/mol. The minimum absolute atomic E-state index is 0.0630. The SMILES string of the molecule is NC(=O)c1cc(CF)cc([N+](=O)[O-])c1. The van der Waals surface area contributed by atoms with Crippen LogP contribution >= 0.6 is 0 Å². The van der Waals surface area contributed by atoms with Crippen LogP contribution in [-0.4, -0.2) is 10.8 Å². The van der Waals surface area contributed by atoms with Gasteiger partial charge < -0.3 is 5.73 Å². The third-order valence-electron chi connectivity index (χ3n) is 1.63. The highest BCUT2D eigenvalue weighted by Gasteiger charge is 2.12. The van der Waals surface area contributed by atoms with Gasteiger partial charge in [-0.3, -0.25) is 14.9 Å². The molecule has 0 saturated carbocycles. The third-order valence-corrected chi connectivity index (χ3v) is 1.63. The number of nitrogens with two attached hydrogens (primary N) is 1. The number of primary amides is 1. The first kappa shape index (κ1) is 10.1. The van der Waals surface area contributed by atoms with Crippen LogP contribution in [0.5, 0.6) is 0 Å². The van der Waals surface area contributed by atoms with Crippen LogP contribution in [0.3, 0.4) is 0 Å². The molecule has 1 aromatic rings. The number of nitrogens with zero attached hydrogens (tertiary/aromatic N) is 1. The maximum atomic E-state index is 12.2. The van der Waals surface area contributed by atoms with Gasteiger partial charge in [-0.05, 0) is 11.6 Å². The van der Waals surface area contributed by atoms with Crippen molar-refractivity contribution in [3.8, 4) is 0 Å². The van der Waals surface area contributed by atoms with Gasteiger partial charge in [-0.2, -0.15) is 0 Å². The molecule has 0 aliphatic rings. The van der Waals surface area contributed by atoms with E-state index in [1.807, 2.05) is 0 Å². The molecule has 0 atom stereocenters. The molecule has 14 heavy (non-hydrogen) atoms. The third kappa shape index (κ3) is 2.03. The van der Waals surface area contributed by atoms with E-state index in [1.165, 1.54) is 6.07 Å². The van der Waals surface area contributed by atoms with Crippen LogP contribution in [0.2, 0.25) is 0 Å². The van der Waals surface area contributed by atoms with Gasteiger partial charge in [0.25, 0.3) is 5.69 Å². The van der Waals surface area contributed by atoms with Gasteiger partial charge in [0.05, 0.1) is 4.92 Å². The Bertz CT molecular complexity index is 360. The molecular weight excluding hydrogens is 191 g/mol. The molecule has 0 fully saturated rings. The highest BCUT2D eigenvalue weighted by molar-refractivity contribution is 5.93. The van der Waals surface area contributed by atoms with Gasteiger partial charge in [-0.15, -0.1) is 0 Å². The first-order valence-corrected chi connectivity index (χ1v) is 3.68. The Morgan fingerprint density at radius 3 is 2.57 bits per heavy atom. The zero-order chi connectivity index (χ0) is 10.7. The fraction of sp³-hybridized carbons (Fsp3) is 0.125. The van der Waals surface area contributed by atoms with Crippen LogP contribution in [0.15, 0.2) is 18.2 Å². The summed E-state index contributed by atoms with van der Waals surface area (Å²) < 4.78 is 12.2. The Morgan fingerprint density at radius 2 is 2.14 bits per heavy atom. The first-order valence-electron chi connectivity index (χ1n) is 3.68. The van der Waals surface area contributed by atoms with E-state index in [0.29, 0.717) is 0 Å². The van der Waals surface area contributed by atoms with Crippen molar-refractivity contribution in [2.45, 2.75) is 6.67 Å². The first-order chi connectivity index (χ1) is 6.54. The number of rotatable bonds is 3. The summed E-state index contributed by atoms with van der Waals surface area (Å²) in [7, 11) is 0. The highest BCUT2D eigenvalue weighted by atomic mass is 19.1. The quantitative estimate of drug-likeness (QED) is 0.584. The number of carbonyl (C=O) groups is 1. The zero-order valence-corrected chi connectivity index (χ0v) is 7.07. The summed E-state index contributed by atoms with van der Waals surface area (Å²) in [4.78, 5) is 20.4. The molecule has 2 N–H and O–H groups in total. The summed E-state index contributed by atoms with van der Waals surface area (Å²) in [5.41, 5.74) is 4.58. The van der Waals surface area contributed by atoms with Crippen LogP contribution in [0.4, 0.5) is 10.1 Å². The van der Waals surface area contributed by atoms with E-state index in [0.717, 1.165) is 12.1 Å². The molecule has 1 rings (SSSR count). The molecule has 0 aliphatic carbocycles. The van der Waals surface area contributed by atoms with Crippen molar-refractivity contribution in [3.05, 3.63) is 39.4 Å². The lowest BCUT2D eigenvalue weighted by Crippen LogP contribution is -2.11. The Morgan fingerprint density at radius 1 is 1.50 bits per heavy atom. The van der Waals surface area contributed by atoms with Crippen LogP contribution in [-0.2, 0) is 6.67 Å². The average Bonchev–Trinajstić information content (AvgIpc) is 2.16. The topological polar surface area (TPSA) is 86.2 Å². The van der Waals surface area contributed by atoms with Crippen molar-refractivity contribution in [1.82, 2.24) is 0 Å². The van der Waals surface area contributed by atoms with Crippen molar-refractivity contribution in [3.63, 3.8) is 0 Å². The number of carbonyl (C=O) groups excluding carboxylic acids is 1. The molecule has 0 heterocycles. The van der Waals surface area contributed by atoms with Crippen molar-refractivity contribution in [2.75, 3.05) is 0 Å². The number of hydrogen-bond donors (Lipinski definition) is 1. The Balaban J connectivity index is 3.27. The number of non-ortho nitro benzene ring substituents is 1. The fourth-order valence-corrected chi connectivity index (χ4v) is 0.999. The maximum absolute atomic E-state index is 12.2. The molecule has 0 aliphatic heterocycles. The van der Waals surface area contributed by atoms with Gasteiger partial charge in [0.1, 0.15) is 6.67 Å². The molecule has 1 aromatic carbocycles.